The number of hydrogen-bond acceptors (Lipinski definition) is 2. The molecule has 72 valence electrons. The second-order valence-electron chi connectivity index (χ2n) is 3.47. The van der Waals surface area contributed by atoms with Gasteiger partial charge < -0.3 is 5.11 Å². The summed E-state index contributed by atoms with van der Waals surface area (Å²) in [7, 11) is 3.77. The van der Waals surface area contributed by atoms with Gasteiger partial charge in [-0.2, -0.15) is 0 Å². The monoisotopic (exact) mass is 179 g/mol. The van der Waals surface area contributed by atoms with E-state index in [2.05, 4.69) is 12.1 Å². The third-order valence-electron chi connectivity index (χ3n) is 2.13. The first kappa shape index (κ1) is 10.2. The lowest BCUT2D eigenvalue weighted by molar-refractivity contribution is 0.0338. The molecule has 0 unspecified atom stereocenters. The first-order chi connectivity index (χ1) is 6.20. The number of aliphatic hydroxyl groups is 1. The average Bonchev–Trinajstić information content (AvgIpc) is 2.15. The Kier molecular flexibility index (Phi) is 3.93. The van der Waals surface area contributed by atoms with Gasteiger partial charge in [0.2, 0.25) is 0 Å². The Morgan fingerprint density at radius 2 is 1.85 bits per heavy atom. The van der Waals surface area contributed by atoms with Crippen LogP contribution < -0.4 is 0 Å². The molecule has 0 aromatic heterocycles. The zero-order valence-corrected chi connectivity index (χ0v) is 8.27. The molecule has 1 rings (SSSR count). The van der Waals surface area contributed by atoms with Gasteiger partial charge in [-0.3, -0.25) is 4.90 Å². The molecule has 0 aliphatic carbocycles. The molecule has 0 aliphatic rings. The summed E-state index contributed by atoms with van der Waals surface area (Å²) in [4.78, 5) is 1.82. The van der Waals surface area contributed by atoms with Gasteiger partial charge in [-0.05, 0) is 32.5 Å². The second-order valence-corrected chi connectivity index (χ2v) is 3.47. The Balaban J connectivity index is 2.35. The molecule has 0 saturated heterocycles. The van der Waals surface area contributed by atoms with Gasteiger partial charge in [0, 0.05) is 0 Å². The lowest BCUT2D eigenvalue weighted by atomic mass is 10.1. The Morgan fingerprint density at radius 3 is 2.38 bits per heavy atom. The van der Waals surface area contributed by atoms with Crippen molar-refractivity contribution >= 4 is 0 Å². The molecular weight excluding hydrogens is 162 g/mol. The van der Waals surface area contributed by atoms with Crippen molar-refractivity contribution in [1.82, 2.24) is 4.90 Å². The Hall–Kier alpha value is -0.860. The minimum absolute atomic E-state index is 0.333. The van der Waals surface area contributed by atoms with Crippen LogP contribution in [0.4, 0.5) is 0 Å². The van der Waals surface area contributed by atoms with Gasteiger partial charge in [-0.15, -0.1) is 0 Å². The summed E-state index contributed by atoms with van der Waals surface area (Å²) in [5, 5.41) is 9.51. The summed E-state index contributed by atoms with van der Waals surface area (Å²) >= 11 is 0. The molecule has 1 atom stereocenters. The minimum atomic E-state index is -0.333. The summed E-state index contributed by atoms with van der Waals surface area (Å²) < 4.78 is 0. The molecule has 0 aliphatic heterocycles. The maximum absolute atomic E-state index is 9.51. The molecule has 0 amide bonds. The van der Waals surface area contributed by atoms with Crippen molar-refractivity contribution in [2.45, 2.75) is 19.1 Å². The quantitative estimate of drug-likeness (QED) is 0.708. The highest BCUT2D eigenvalue weighted by atomic mass is 16.3. The van der Waals surface area contributed by atoms with E-state index in [-0.39, 0.29) is 6.23 Å². The number of rotatable bonds is 4. The highest BCUT2D eigenvalue weighted by molar-refractivity contribution is 5.14. The van der Waals surface area contributed by atoms with E-state index in [1.54, 1.807) is 0 Å². The highest BCUT2D eigenvalue weighted by Crippen LogP contribution is 2.05. The van der Waals surface area contributed by atoms with Crippen LogP contribution in [0.5, 0.6) is 0 Å². The Morgan fingerprint density at radius 1 is 1.23 bits per heavy atom. The molecule has 2 heteroatoms. The van der Waals surface area contributed by atoms with Crippen molar-refractivity contribution < 1.29 is 5.11 Å². The maximum atomic E-state index is 9.51. The van der Waals surface area contributed by atoms with E-state index < -0.39 is 0 Å². The molecule has 0 bridgehead atoms. The molecule has 1 aromatic carbocycles. The van der Waals surface area contributed by atoms with Gasteiger partial charge in [-0.1, -0.05) is 30.3 Å². The third kappa shape index (κ3) is 3.57. The van der Waals surface area contributed by atoms with Gasteiger partial charge in [0.1, 0.15) is 6.23 Å². The summed E-state index contributed by atoms with van der Waals surface area (Å²) in [5.41, 5.74) is 1.28. The molecule has 0 saturated carbocycles. The first-order valence-electron chi connectivity index (χ1n) is 4.58. The average molecular weight is 179 g/mol. The van der Waals surface area contributed by atoms with Gasteiger partial charge in [0.05, 0.1) is 0 Å². The summed E-state index contributed by atoms with van der Waals surface area (Å²) in [6, 6.07) is 10.2. The molecule has 1 aromatic rings. The predicted molar refractivity (Wildman–Crippen MR) is 54.5 cm³/mol. The minimum Gasteiger partial charge on any atom is -0.378 e. The standard InChI is InChI=1S/C11H17NO/c1-12(2)11(13)9-8-10-6-4-3-5-7-10/h3-7,11,13H,8-9H2,1-2H3/t11-/m0/s1. The van der Waals surface area contributed by atoms with Crippen LogP contribution in [0.3, 0.4) is 0 Å². The summed E-state index contributed by atoms with van der Waals surface area (Å²) in [5.74, 6) is 0. The van der Waals surface area contributed by atoms with Crippen molar-refractivity contribution in [3.63, 3.8) is 0 Å². The normalized spacial score (nSPS) is 13.2. The van der Waals surface area contributed by atoms with E-state index in [9.17, 15) is 5.11 Å². The fourth-order valence-corrected chi connectivity index (χ4v) is 1.20. The molecule has 0 fully saturated rings. The molecule has 0 spiro atoms. The molecule has 1 N–H and O–H groups in total. The topological polar surface area (TPSA) is 23.5 Å². The number of aryl methyl sites for hydroxylation is 1. The van der Waals surface area contributed by atoms with Crippen LogP contribution in [0.1, 0.15) is 12.0 Å². The zero-order valence-electron chi connectivity index (χ0n) is 8.27. The van der Waals surface area contributed by atoms with Crippen LogP contribution in [0.15, 0.2) is 30.3 Å². The summed E-state index contributed by atoms with van der Waals surface area (Å²) in [6.07, 6.45) is 1.39. The van der Waals surface area contributed by atoms with E-state index in [0.717, 1.165) is 12.8 Å². The smallest absolute Gasteiger partial charge is 0.107 e. The number of aliphatic hydroxyl groups excluding tert-OH is 1. The van der Waals surface area contributed by atoms with Crippen LogP contribution >= 0.6 is 0 Å². The van der Waals surface area contributed by atoms with Gasteiger partial charge in [0.25, 0.3) is 0 Å². The van der Waals surface area contributed by atoms with E-state index in [1.165, 1.54) is 5.56 Å². The van der Waals surface area contributed by atoms with Gasteiger partial charge >= 0.3 is 0 Å². The zero-order chi connectivity index (χ0) is 9.68. The van der Waals surface area contributed by atoms with Crippen molar-refractivity contribution in [3.05, 3.63) is 35.9 Å². The lowest BCUT2D eigenvalue weighted by Gasteiger charge is -2.17. The summed E-state index contributed by atoms with van der Waals surface area (Å²) in [6.45, 7) is 0. The van der Waals surface area contributed by atoms with Crippen LogP contribution in [-0.4, -0.2) is 30.3 Å². The van der Waals surface area contributed by atoms with Gasteiger partial charge in [0.15, 0.2) is 0 Å². The Labute approximate surface area is 79.8 Å². The van der Waals surface area contributed by atoms with Crippen LogP contribution in [0.2, 0.25) is 0 Å². The van der Waals surface area contributed by atoms with Crippen molar-refractivity contribution in [1.29, 1.82) is 0 Å². The van der Waals surface area contributed by atoms with E-state index in [4.69, 9.17) is 0 Å². The SMILES string of the molecule is CN(C)[C@@H](O)CCc1ccccc1. The fraction of sp³-hybridized carbons (Fsp3) is 0.455. The number of benzene rings is 1. The predicted octanol–water partition coefficient (Wildman–Crippen LogP) is 1.50. The largest absolute Gasteiger partial charge is 0.378 e. The van der Waals surface area contributed by atoms with Crippen LogP contribution in [0.25, 0.3) is 0 Å². The van der Waals surface area contributed by atoms with Crippen molar-refractivity contribution in [2.24, 2.45) is 0 Å². The fourth-order valence-electron chi connectivity index (χ4n) is 1.20. The Bertz CT molecular complexity index is 233. The van der Waals surface area contributed by atoms with E-state index >= 15 is 0 Å². The van der Waals surface area contributed by atoms with Crippen LogP contribution in [-0.2, 0) is 6.42 Å². The molecule has 2 nitrogen and oxygen atoms in total. The van der Waals surface area contributed by atoms with Crippen LogP contribution in [0, 0.1) is 0 Å². The number of hydrogen-bond donors (Lipinski definition) is 1. The molecule has 13 heavy (non-hydrogen) atoms. The van der Waals surface area contributed by atoms with Gasteiger partial charge in [-0.25, -0.2) is 0 Å². The first-order valence-corrected chi connectivity index (χ1v) is 4.58. The second kappa shape index (κ2) is 5.00. The number of nitrogens with zero attached hydrogens (tertiary/aromatic N) is 1. The molecular formula is C11H17NO. The van der Waals surface area contributed by atoms with E-state index in [1.807, 2.05) is 37.2 Å². The third-order valence-corrected chi connectivity index (χ3v) is 2.13. The molecule has 0 radical (unpaired) electrons. The molecule has 0 heterocycles. The lowest BCUT2D eigenvalue weighted by Crippen LogP contribution is -2.27. The van der Waals surface area contributed by atoms with Crippen molar-refractivity contribution in [2.75, 3.05) is 14.1 Å². The van der Waals surface area contributed by atoms with E-state index in [0.29, 0.717) is 0 Å². The van der Waals surface area contributed by atoms with Crippen molar-refractivity contribution in [3.8, 4) is 0 Å². The highest BCUT2D eigenvalue weighted by Gasteiger charge is 2.05. The maximum Gasteiger partial charge on any atom is 0.107 e.